The van der Waals surface area contributed by atoms with E-state index in [0.29, 0.717) is 4.80 Å². The van der Waals surface area contributed by atoms with Crippen molar-refractivity contribution in [1.29, 1.82) is 0 Å². The smallest absolute Gasteiger partial charge is 0.412 e. The van der Waals surface area contributed by atoms with Crippen molar-refractivity contribution in [2.75, 3.05) is 6.50 Å². The molecule has 1 aromatic heterocycles. The lowest BCUT2D eigenvalue weighted by Crippen LogP contribution is -2.38. The van der Waals surface area contributed by atoms with Crippen LogP contribution in [0.1, 0.15) is 50.6 Å². The van der Waals surface area contributed by atoms with E-state index in [1.807, 2.05) is 0 Å². The van der Waals surface area contributed by atoms with Gasteiger partial charge in [0.15, 0.2) is 0 Å². The van der Waals surface area contributed by atoms with Crippen molar-refractivity contribution in [3.8, 4) is 0 Å². The Bertz CT molecular complexity index is 730. The highest BCUT2D eigenvalue weighted by atomic mass is 79.9. The zero-order valence-corrected chi connectivity index (χ0v) is 11.6. The molecule has 2 heterocycles. The zero-order chi connectivity index (χ0) is 20.5. The van der Waals surface area contributed by atoms with Gasteiger partial charge in [0, 0.05) is 14.7 Å². The van der Waals surface area contributed by atoms with Crippen LogP contribution in [0.3, 0.4) is 0 Å². The standard InChI is InChI=1S/C11H17BrN4O2/c1-11(2,3)18-10(17)15-6-4-5-9(15)16-13-7-8(12)14-16/h7,9H,4-6H2,1-3H3/i4D2,5D2,6D2,7D,9D. The Kier molecular flexibility index (Phi) is 1.72. The maximum atomic E-state index is 12.6. The first-order chi connectivity index (χ1) is 11.4. The Morgan fingerprint density at radius 1 is 1.78 bits per heavy atom. The van der Waals surface area contributed by atoms with Crippen molar-refractivity contribution in [3.63, 3.8) is 0 Å². The molecule has 0 aromatic carbocycles. The van der Waals surface area contributed by atoms with Gasteiger partial charge in [0.2, 0.25) is 0 Å². The summed E-state index contributed by atoms with van der Waals surface area (Å²) in [7, 11) is 0. The molecular formula is C11H17BrN4O2. The van der Waals surface area contributed by atoms with E-state index in [-0.39, 0.29) is 9.50 Å². The van der Waals surface area contributed by atoms with Gasteiger partial charge in [0.1, 0.15) is 16.3 Å². The van der Waals surface area contributed by atoms with E-state index in [0.717, 1.165) is 0 Å². The van der Waals surface area contributed by atoms with Gasteiger partial charge in [0.25, 0.3) is 0 Å². The van der Waals surface area contributed by atoms with Crippen LogP contribution in [-0.4, -0.2) is 38.1 Å². The fraction of sp³-hybridized carbons (Fsp3) is 0.727. The third kappa shape index (κ3) is 3.01. The zero-order valence-electron chi connectivity index (χ0n) is 18.0. The number of rotatable bonds is 1. The topological polar surface area (TPSA) is 60.2 Å². The molecule has 1 aliphatic rings. The first-order valence-electron chi connectivity index (χ1n) is 9.04. The average molecular weight is 325 g/mol. The Morgan fingerprint density at radius 3 is 3.06 bits per heavy atom. The second-order valence-electron chi connectivity index (χ2n) is 4.39. The predicted octanol–water partition coefficient (Wildman–Crippen LogP) is 2.57. The highest BCUT2D eigenvalue weighted by molar-refractivity contribution is 9.10. The van der Waals surface area contributed by atoms with Crippen LogP contribution < -0.4 is 0 Å². The summed E-state index contributed by atoms with van der Waals surface area (Å²) in [5.41, 5.74) is -1.12. The van der Waals surface area contributed by atoms with Gasteiger partial charge in [-0.25, -0.2) is 4.79 Å². The van der Waals surface area contributed by atoms with Gasteiger partial charge in [-0.1, -0.05) is 0 Å². The van der Waals surface area contributed by atoms with Crippen LogP contribution in [0.2, 0.25) is 0 Å². The molecule has 1 atom stereocenters. The molecule has 1 amide bonds. The number of hydrogen-bond acceptors (Lipinski definition) is 4. The summed E-state index contributed by atoms with van der Waals surface area (Å²) in [6.07, 6.45) is -11.7. The number of carbonyl (C=O) groups excluding carboxylic acids is 1. The second-order valence-corrected chi connectivity index (χ2v) is 5.14. The van der Waals surface area contributed by atoms with E-state index < -0.39 is 43.3 Å². The van der Waals surface area contributed by atoms with Crippen molar-refractivity contribution < 1.29 is 20.5 Å². The van der Waals surface area contributed by atoms with Gasteiger partial charge in [-0.05, 0) is 49.4 Å². The molecule has 1 unspecified atom stereocenters. The van der Waals surface area contributed by atoms with Crippen molar-refractivity contribution >= 4 is 22.0 Å². The summed E-state index contributed by atoms with van der Waals surface area (Å²) in [5, 5.41) is 7.18. The molecule has 0 radical (unpaired) electrons. The Morgan fingerprint density at radius 2 is 2.50 bits per heavy atom. The number of halogens is 1. The fourth-order valence-electron chi connectivity index (χ4n) is 1.14. The van der Waals surface area contributed by atoms with Crippen molar-refractivity contribution in [2.24, 2.45) is 0 Å². The average Bonchev–Trinajstić information content (AvgIpc) is 2.78. The molecule has 6 nitrogen and oxygen atoms in total. The Balaban J connectivity index is 2.77. The number of likely N-dealkylation sites (tertiary alicyclic amines) is 1. The lowest BCUT2D eigenvalue weighted by Gasteiger charge is -2.27. The van der Waals surface area contributed by atoms with Crippen LogP contribution in [0.15, 0.2) is 10.8 Å². The molecule has 7 heteroatoms. The van der Waals surface area contributed by atoms with Gasteiger partial charge in [-0.15, -0.1) is 5.10 Å². The van der Waals surface area contributed by atoms with Crippen molar-refractivity contribution in [3.05, 3.63) is 10.8 Å². The summed E-state index contributed by atoms with van der Waals surface area (Å²) < 4.78 is 69.1. The maximum Gasteiger partial charge on any atom is 0.412 e. The van der Waals surface area contributed by atoms with Crippen molar-refractivity contribution in [2.45, 2.75) is 45.3 Å². The second kappa shape index (κ2) is 4.87. The summed E-state index contributed by atoms with van der Waals surface area (Å²) in [5.74, 6) is 0. The Hall–Kier alpha value is -1.11. The summed E-state index contributed by atoms with van der Waals surface area (Å²) >= 11 is 2.88. The molecule has 100 valence electrons. The van der Waals surface area contributed by atoms with Gasteiger partial charge >= 0.3 is 6.09 Å². The quantitative estimate of drug-likeness (QED) is 0.796. The minimum absolute atomic E-state index is 0.00285. The molecule has 0 saturated carbocycles. The molecule has 0 N–H and O–H groups in total. The van der Waals surface area contributed by atoms with E-state index in [9.17, 15) is 4.79 Å². The first kappa shape index (κ1) is 6.36. The Labute approximate surface area is 126 Å². The molecule has 2 rings (SSSR count). The maximum absolute atomic E-state index is 12.6. The monoisotopic (exact) mass is 324 g/mol. The molecule has 0 spiro atoms. The van der Waals surface area contributed by atoms with Crippen LogP contribution in [0.25, 0.3) is 0 Å². The normalized spacial score (nSPS) is 39.2. The summed E-state index contributed by atoms with van der Waals surface area (Å²) in [6, 6.07) is 0. The van der Waals surface area contributed by atoms with E-state index in [1.54, 1.807) is 0 Å². The summed E-state index contributed by atoms with van der Waals surface area (Å²) in [6.45, 7) is 1.17. The molecule has 1 aliphatic heterocycles. The molecule has 1 aromatic rings. The molecule has 1 saturated heterocycles. The molecule has 0 aliphatic carbocycles. The van der Waals surface area contributed by atoms with Gasteiger partial charge in [-0.3, -0.25) is 4.90 Å². The number of amides is 1. The minimum atomic E-state index is -3.32. The van der Waals surface area contributed by atoms with Crippen molar-refractivity contribution in [1.82, 2.24) is 19.9 Å². The SMILES string of the molecule is [2H]c1nn(C2([2H])N(C(=O)OC(C)(C)C)C([2H])([2H])C([2H])([2H])C2([2H])[2H])nc1Br. The van der Waals surface area contributed by atoms with E-state index in [2.05, 4.69) is 26.1 Å². The van der Waals surface area contributed by atoms with E-state index in [4.69, 9.17) is 15.7 Å². The molecular weight excluding hydrogens is 300 g/mol. The molecule has 18 heavy (non-hydrogen) atoms. The number of carbonyl (C=O) groups is 1. The fourth-order valence-corrected chi connectivity index (χ4v) is 1.37. The van der Waals surface area contributed by atoms with Crippen LogP contribution in [0.5, 0.6) is 0 Å². The van der Waals surface area contributed by atoms with Gasteiger partial charge in [-0.2, -0.15) is 9.90 Å². The highest BCUT2D eigenvalue weighted by Gasteiger charge is 2.34. The number of aromatic nitrogens is 3. The number of hydrogen-bond donors (Lipinski definition) is 0. The minimum Gasteiger partial charge on any atom is -0.444 e. The van der Waals surface area contributed by atoms with Gasteiger partial charge < -0.3 is 4.74 Å². The summed E-state index contributed by atoms with van der Waals surface area (Å²) in [4.78, 5) is 12.9. The van der Waals surface area contributed by atoms with E-state index >= 15 is 0 Å². The lowest BCUT2D eigenvalue weighted by atomic mass is 10.2. The van der Waals surface area contributed by atoms with Crippen LogP contribution in [0, 0.1) is 0 Å². The third-order valence-electron chi connectivity index (χ3n) is 1.74. The molecule has 1 fully saturated rings. The highest BCUT2D eigenvalue weighted by Crippen LogP contribution is 2.27. The first-order valence-corrected chi connectivity index (χ1v) is 5.84. The van der Waals surface area contributed by atoms with Crippen LogP contribution in [0.4, 0.5) is 4.79 Å². The number of ether oxygens (including phenoxy) is 1. The molecule has 0 bridgehead atoms. The lowest BCUT2D eigenvalue weighted by molar-refractivity contribution is 0.0132. The van der Waals surface area contributed by atoms with E-state index in [1.165, 1.54) is 20.8 Å². The largest absolute Gasteiger partial charge is 0.444 e. The van der Waals surface area contributed by atoms with Crippen LogP contribution >= 0.6 is 15.9 Å². The van der Waals surface area contributed by atoms with Gasteiger partial charge in [0.05, 0.1) is 8.91 Å². The van der Waals surface area contributed by atoms with Crippen LogP contribution in [-0.2, 0) is 4.74 Å². The predicted molar refractivity (Wildman–Crippen MR) is 68.9 cm³/mol. The number of nitrogens with zero attached hydrogens (tertiary/aromatic N) is 4. The third-order valence-corrected chi connectivity index (χ3v) is 2.07.